The first-order valence-electron chi connectivity index (χ1n) is 18.9. The van der Waals surface area contributed by atoms with Gasteiger partial charge in [0.2, 0.25) is 0 Å². The van der Waals surface area contributed by atoms with Crippen molar-refractivity contribution in [2.75, 3.05) is 0 Å². The van der Waals surface area contributed by atoms with Crippen LogP contribution in [-0.4, -0.2) is 106 Å². The van der Waals surface area contributed by atoms with Crippen LogP contribution >= 0.6 is 0 Å². The molecule has 0 fully saturated rings. The molecular formula is C44H36O22. The Kier molecular flexibility index (Phi) is 11.6. The molecule has 4 atom stereocenters. The van der Waals surface area contributed by atoms with Crippen molar-refractivity contribution >= 4 is 11.9 Å². The van der Waals surface area contributed by atoms with E-state index in [4.69, 9.17) is 18.9 Å². The minimum Gasteiger partial charge on any atom is -0.508 e. The zero-order valence-corrected chi connectivity index (χ0v) is 33.3. The van der Waals surface area contributed by atoms with E-state index < -0.39 is 105 Å². The number of carbonyl (C=O) groups is 2. The van der Waals surface area contributed by atoms with Crippen molar-refractivity contribution in [3.63, 3.8) is 0 Å². The summed E-state index contributed by atoms with van der Waals surface area (Å²) in [7, 11) is 0. The number of phenolic OH excluding ortho intramolecular Hbond substituents is 16. The standard InChI is InChI=1S/2C22H18O11/c2*23-10-5-12(24)11-7-18(33-22(31)9-3-15(27)20(30)16(28)4-9)21(32-17(11)6-10)8-1-13(25)19(29)14(26)2-8/h2*1-6,18,21,23-30H,7H2/t18-,21+;18-,21-/m01/s1. The Balaban J connectivity index is 0.000000196. The van der Waals surface area contributed by atoms with Gasteiger partial charge in [0.25, 0.3) is 0 Å². The van der Waals surface area contributed by atoms with Crippen LogP contribution in [-0.2, 0) is 22.3 Å². The smallest absolute Gasteiger partial charge is 0.338 e. The number of carbonyl (C=O) groups excluding carboxylic acids is 2. The monoisotopic (exact) mass is 916 g/mol. The molecule has 0 saturated carbocycles. The largest absolute Gasteiger partial charge is 0.508 e. The van der Waals surface area contributed by atoms with Gasteiger partial charge in [-0.2, -0.15) is 0 Å². The molecule has 0 radical (unpaired) electrons. The Morgan fingerprint density at radius 3 is 0.939 bits per heavy atom. The van der Waals surface area contributed by atoms with Crippen LogP contribution in [0.5, 0.6) is 103 Å². The molecule has 16 N–H and O–H groups in total. The molecule has 2 heterocycles. The van der Waals surface area contributed by atoms with E-state index in [1.807, 2.05) is 0 Å². The average Bonchev–Trinajstić information content (AvgIpc) is 3.25. The lowest BCUT2D eigenvalue weighted by Crippen LogP contribution is -2.34. The van der Waals surface area contributed by atoms with Crippen LogP contribution in [0.1, 0.15) is 55.2 Å². The SMILES string of the molecule is O=C(O[C@@H]1Cc2c(O)cc(O)cc2O[C@@H]1c1cc(O)c(O)c(O)c1)c1cc(O)c(O)c(O)c1.O=C(O[C@H]1Cc2c(O)cc(O)cc2O[C@@H]1c1cc(O)c(O)c(O)c1)c1cc(O)c(O)c(O)c1. The molecule has 344 valence electrons. The number of fused-ring (bicyclic) bond motifs is 2. The van der Waals surface area contributed by atoms with Crippen molar-refractivity contribution in [1.29, 1.82) is 0 Å². The maximum atomic E-state index is 12.7. The third-order valence-electron chi connectivity index (χ3n) is 10.3. The van der Waals surface area contributed by atoms with Crippen LogP contribution in [0, 0.1) is 0 Å². The highest BCUT2D eigenvalue weighted by atomic mass is 16.6. The molecular weight excluding hydrogens is 880 g/mol. The Labute approximate surface area is 368 Å². The van der Waals surface area contributed by atoms with Crippen LogP contribution in [0.3, 0.4) is 0 Å². The fourth-order valence-electron chi connectivity index (χ4n) is 7.10. The van der Waals surface area contributed by atoms with E-state index in [1.54, 1.807) is 0 Å². The van der Waals surface area contributed by atoms with E-state index in [-0.39, 0.29) is 80.7 Å². The van der Waals surface area contributed by atoms with Crippen molar-refractivity contribution in [2.45, 2.75) is 37.3 Å². The molecule has 8 rings (SSSR count). The molecule has 0 amide bonds. The molecule has 2 aliphatic rings. The van der Waals surface area contributed by atoms with Crippen LogP contribution in [0.4, 0.5) is 0 Å². The normalized spacial score (nSPS) is 17.1. The Morgan fingerprint density at radius 1 is 0.379 bits per heavy atom. The summed E-state index contributed by atoms with van der Waals surface area (Å²) in [5.74, 6) is -12.1. The topological polar surface area (TPSA) is 395 Å². The minimum absolute atomic E-state index is 0.0526. The quantitative estimate of drug-likeness (QED) is 0.0809. The molecule has 0 bridgehead atoms. The molecule has 22 nitrogen and oxygen atoms in total. The van der Waals surface area contributed by atoms with Gasteiger partial charge in [-0.3, -0.25) is 0 Å². The van der Waals surface area contributed by atoms with Crippen LogP contribution in [0.15, 0.2) is 72.8 Å². The van der Waals surface area contributed by atoms with Crippen molar-refractivity contribution < 1.29 is 110 Å². The van der Waals surface area contributed by atoms with Gasteiger partial charge in [-0.25, -0.2) is 9.59 Å². The first-order valence-corrected chi connectivity index (χ1v) is 18.9. The Bertz CT molecular complexity index is 2640. The van der Waals surface area contributed by atoms with Crippen LogP contribution < -0.4 is 9.47 Å². The Hall–Kier alpha value is -9.34. The molecule has 0 aliphatic carbocycles. The Morgan fingerprint density at radius 2 is 0.652 bits per heavy atom. The number of hydrogen-bond donors (Lipinski definition) is 16. The predicted octanol–water partition coefficient (Wildman–Crippen LogP) is 4.47. The highest BCUT2D eigenvalue weighted by molar-refractivity contribution is 5.92. The maximum Gasteiger partial charge on any atom is 0.338 e. The van der Waals surface area contributed by atoms with Gasteiger partial charge in [0.15, 0.2) is 81.2 Å². The van der Waals surface area contributed by atoms with E-state index >= 15 is 0 Å². The zero-order valence-electron chi connectivity index (χ0n) is 33.3. The summed E-state index contributed by atoms with van der Waals surface area (Å²) in [4.78, 5) is 25.4. The number of esters is 2. The fraction of sp³-hybridized carbons (Fsp3) is 0.136. The molecule has 6 aromatic rings. The lowest BCUT2D eigenvalue weighted by atomic mass is 9.93. The number of phenols is 16. The van der Waals surface area contributed by atoms with Gasteiger partial charge in [-0.15, -0.1) is 0 Å². The first-order chi connectivity index (χ1) is 31.1. The molecule has 0 unspecified atom stereocenters. The van der Waals surface area contributed by atoms with Gasteiger partial charge >= 0.3 is 11.9 Å². The van der Waals surface area contributed by atoms with Gasteiger partial charge in [0.1, 0.15) is 46.7 Å². The minimum atomic E-state index is -1.18. The van der Waals surface area contributed by atoms with Gasteiger partial charge in [0, 0.05) is 59.4 Å². The molecule has 0 saturated heterocycles. The summed E-state index contributed by atoms with van der Waals surface area (Å²) in [5.41, 5.74) is -0.0377. The highest BCUT2D eigenvalue weighted by Gasteiger charge is 2.39. The number of rotatable bonds is 6. The lowest BCUT2D eigenvalue weighted by molar-refractivity contribution is -0.0192. The van der Waals surface area contributed by atoms with Gasteiger partial charge < -0.3 is 101 Å². The molecule has 66 heavy (non-hydrogen) atoms. The summed E-state index contributed by atoms with van der Waals surface area (Å²) in [6, 6.07) is 12.4. The van der Waals surface area contributed by atoms with E-state index in [0.29, 0.717) is 0 Å². The average molecular weight is 917 g/mol. The summed E-state index contributed by atoms with van der Waals surface area (Å²) >= 11 is 0. The first kappa shape index (κ1) is 44.7. The van der Waals surface area contributed by atoms with Gasteiger partial charge in [0.05, 0.1) is 11.1 Å². The van der Waals surface area contributed by atoms with Crippen molar-refractivity contribution in [1.82, 2.24) is 0 Å². The zero-order chi connectivity index (χ0) is 48.0. The molecule has 0 aromatic heterocycles. The van der Waals surface area contributed by atoms with E-state index in [1.165, 1.54) is 12.1 Å². The second-order valence-electron chi connectivity index (χ2n) is 14.8. The third-order valence-corrected chi connectivity index (χ3v) is 10.3. The van der Waals surface area contributed by atoms with Crippen molar-refractivity contribution in [2.24, 2.45) is 0 Å². The highest BCUT2D eigenvalue weighted by Crippen LogP contribution is 2.48. The molecule has 6 aromatic carbocycles. The third kappa shape index (κ3) is 8.68. The fourth-order valence-corrected chi connectivity index (χ4v) is 7.10. The summed E-state index contributed by atoms with van der Waals surface area (Å²) < 4.78 is 22.6. The van der Waals surface area contributed by atoms with Crippen LogP contribution in [0.25, 0.3) is 0 Å². The molecule has 2 aliphatic heterocycles. The summed E-state index contributed by atoms with van der Waals surface area (Å²) in [6.07, 6.45) is -4.98. The number of hydrogen-bond acceptors (Lipinski definition) is 22. The predicted molar refractivity (Wildman–Crippen MR) is 218 cm³/mol. The van der Waals surface area contributed by atoms with E-state index in [0.717, 1.165) is 60.7 Å². The lowest BCUT2D eigenvalue weighted by Gasteiger charge is -2.34. The number of aromatic hydroxyl groups is 16. The van der Waals surface area contributed by atoms with Crippen LogP contribution in [0.2, 0.25) is 0 Å². The van der Waals surface area contributed by atoms with Crippen molar-refractivity contribution in [3.8, 4) is 103 Å². The summed E-state index contributed by atoms with van der Waals surface area (Å²) in [5, 5.41) is 156. The van der Waals surface area contributed by atoms with E-state index in [9.17, 15) is 91.3 Å². The van der Waals surface area contributed by atoms with Crippen molar-refractivity contribution in [3.05, 3.63) is 106 Å². The van der Waals surface area contributed by atoms with Gasteiger partial charge in [-0.05, 0) is 48.5 Å². The summed E-state index contributed by atoms with van der Waals surface area (Å²) in [6.45, 7) is 0. The maximum absolute atomic E-state index is 12.7. The number of ether oxygens (including phenoxy) is 4. The second kappa shape index (κ2) is 17.1. The van der Waals surface area contributed by atoms with E-state index in [2.05, 4.69) is 0 Å². The second-order valence-corrected chi connectivity index (χ2v) is 14.8. The molecule has 0 spiro atoms. The number of benzene rings is 6. The molecule has 22 heteroatoms. The van der Waals surface area contributed by atoms with Gasteiger partial charge in [-0.1, -0.05) is 0 Å².